The summed E-state index contributed by atoms with van der Waals surface area (Å²) in [4.78, 5) is 28.7. The number of carbonyl (C=O) groups excluding carboxylic acids is 1. The maximum atomic E-state index is 13.2. The number of benzene rings is 2. The van der Waals surface area contributed by atoms with Crippen molar-refractivity contribution in [2.45, 2.75) is 26.7 Å². The predicted octanol–water partition coefficient (Wildman–Crippen LogP) is 5.67. The third-order valence-electron chi connectivity index (χ3n) is 6.37. The number of hydrogen-bond acceptors (Lipinski definition) is 6. The number of carbonyl (C=O) groups is 1. The van der Waals surface area contributed by atoms with Gasteiger partial charge in [0.25, 0.3) is 5.91 Å². The van der Waals surface area contributed by atoms with E-state index in [2.05, 4.69) is 46.9 Å². The Morgan fingerprint density at radius 3 is 2.29 bits per heavy atom. The fraction of sp³-hybridized carbons (Fsp3) is 0.321. The van der Waals surface area contributed by atoms with E-state index in [-0.39, 0.29) is 5.91 Å². The van der Waals surface area contributed by atoms with E-state index >= 15 is 0 Å². The summed E-state index contributed by atoms with van der Waals surface area (Å²) >= 11 is 1.73. The summed E-state index contributed by atoms with van der Waals surface area (Å²) < 4.78 is 5.67. The van der Waals surface area contributed by atoms with E-state index < -0.39 is 0 Å². The van der Waals surface area contributed by atoms with Crippen LogP contribution in [0, 0.1) is 0 Å². The van der Waals surface area contributed by atoms with Gasteiger partial charge in [-0.05, 0) is 54.3 Å². The van der Waals surface area contributed by atoms with Crippen LogP contribution < -0.4 is 9.64 Å². The molecule has 0 aliphatic carbocycles. The molecule has 7 heteroatoms. The smallest absolute Gasteiger partial charge is 0.253 e. The fourth-order valence-electron chi connectivity index (χ4n) is 4.39. The quantitative estimate of drug-likeness (QED) is 0.337. The number of hydrogen-bond donors (Lipinski definition) is 0. The van der Waals surface area contributed by atoms with Gasteiger partial charge >= 0.3 is 0 Å². The van der Waals surface area contributed by atoms with E-state index in [1.807, 2.05) is 41.3 Å². The van der Waals surface area contributed by atoms with Crippen molar-refractivity contribution in [2.75, 3.05) is 37.7 Å². The summed E-state index contributed by atoms with van der Waals surface area (Å²) in [5.41, 5.74) is 2.92. The Kier molecular flexibility index (Phi) is 6.95. The Morgan fingerprint density at radius 1 is 0.943 bits per heavy atom. The maximum Gasteiger partial charge on any atom is 0.253 e. The molecule has 5 rings (SSSR count). The second-order valence-electron chi connectivity index (χ2n) is 8.71. The van der Waals surface area contributed by atoms with Gasteiger partial charge in [0, 0.05) is 36.6 Å². The van der Waals surface area contributed by atoms with Crippen molar-refractivity contribution in [3.63, 3.8) is 0 Å². The Balaban J connectivity index is 1.22. The number of aryl methyl sites for hydroxylation is 1. The molecule has 6 nitrogen and oxygen atoms in total. The van der Waals surface area contributed by atoms with E-state index in [0.29, 0.717) is 13.1 Å². The van der Waals surface area contributed by atoms with Gasteiger partial charge in [-0.15, -0.1) is 11.3 Å². The van der Waals surface area contributed by atoms with E-state index in [1.54, 1.807) is 17.7 Å². The Morgan fingerprint density at radius 2 is 1.63 bits per heavy atom. The number of fused-ring (bicyclic) bond motifs is 1. The van der Waals surface area contributed by atoms with Crippen molar-refractivity contribution >= 4 is 33.3 Å². The standard InChI is InChI=1S/C28H30N4O2S/c1-3-17-34-23-11-9-21(10-12-23)20-5-7-22(8-6-20)28(33)32-15-13-31(14-16-32)26-25-18-24(4-2)35-27(25)30-19-29-26/h5-12,18-19H,3-4,13-17H2,1-2H3. The number of anilines is 1. The summed E-state index contributed by atoms with van der Waals surface area (Å²) in [6.45, 7) is 7.86. The van der Waals surface area contributed by atoms with E-state index in [1.165, 1.54) is 4.88 Å². The first-order valence-electron chi connectivity index (χ1n) is 12.3. The summed E-state index contributed by atoms with van der Waals surface area (Å²) in [6.07, 6.45) is 3.64. The van der Waals surface area contributed by atoms with E-state index in [4.69, 9.17) is 4.74 Å². The highest BCUT2D eigenvalue weighted by Crippen LogP contribution is 2.31. The first-order chi connectivity index (χ1) is 17.2. The molecule has 1 aliphatic rings. The van der Waals surface area contributed by atoms with Crippen molar-refractivity contribution in [2.24, 2.45) is 0 Å². The molecule has 4 aromatic rings. The zero-order chi connectivity index (χ0) is 24.2. The van der Waals surface area contributed by atoms with Gasteiger partial charge in [0.1, 0.15) is 22.7 Å². The van der Waals surface area contributed by atoms with Gasteiger partial charge in [-0.25, -0.2) is 9.97 Å². The van der Waals surface area contributed by atoms with Gasteiger partial charge < -0.3 is 14.5 Å². The Bertz CT molecular complexity index is 1290. The van der Waals surface area contributed by atoms with Crippen LogP contribution in [-0.2, 0) is 6.42 Å². The monoisotopic (exact) mass is 486 g/mol. The van der Waals surface area contributed by atoms with Crippen molar-refractivity contribution in [1.82, 2.24) is 14.9 Å². The Labute approximate surface area is 210 Å². The molecule has 0 bridgehead atoms. The minimum atomic E-state index is 0.0798. The summed E-state index contributed by atoms with van der Waals surface area (Å²) in [5, 5.41) is 1.12. The van der Waals surface area contributed by atoms with Crippen LogP contribution in [-0.4, -0.2) is 53.6 Å². The molecule has 180 valence electrons. The molecule has 35 heavy (non-hydrogen) atoms. The number of aromatic nitrogens is 2. The summed E-state index contributed by atoms with van der Waals surface area (Å²) in [5.74, 6) is 1.94. The molecule has 2 aromatic heterocycles. The molecule has 0 radical (unpaired) electrons. The number of rotatable bonds is 7. The number of amides is 1. The molecule has 1 fully saturated rings. The van der Waals surface area contributed by atoms with Gasteiger partial charge in [-0.3, -0.25) is 4.79 Å². The molecule has 0 spiro atoms. The zero-order valence-electron chi connectivity index (χ0n) is 20.2. The van der Waals surface area contributed by atoms with E-state index in [0.717, 1.165) is 71.0 Å². The van der Waals surface area contributed by atoms with Gasteiger partial charge in [-0.2, -0.15) is 0 Å². The fourth-order valence-corrected chi connectivity index (χ4v) is 5.32. The minimum absolute atomic E-state index is 0.0798. The van der Waals surface area contributed by atoms with Crippen molar-refractivity contribution in [1.29, 1.82) is 0 Å². The topological polar surface area (TPSA) is 58.6 Å². The average molecular weight is 487 g/mol. The molecular weight excluding hydrogens is 456 g/mol. The van der Waals surface area contributed by atoms with Crippen LogP contribution in [0.1, 0.15) is 35.5 Å². The molecule has 2 aromatic carbocycles. The molecule has 1 aliphatic heterocycles. The molecule has 0 N–H and O–H groups in total. The highest BCUT2D eigenvalue weighted by atomic mass is 32.1. The van der Waals surface area contributed by atoms with Gasteiger partial charge in [0.15, 0.2) is 0 Å². The first kappa shape index (κ1) is 23.3. The van der Waals surface area contributed by atoms with Gasteiger partial charge in [0.2, 0.25) is 0 Å². The molecular formula is C28H30N4O2S. The molecule has 1 saturated heterocycles. The second-order valence-corrected chi connectivity index (χ2v) is 9.83. The van der Waals surface area contributed by atoms with Gasteiger partial charge in [0.05, 0.1) is 12.0 Å². The van der Waals surface area contributed by atoms with Crippen LogP contribution in [0.2, 0.25) is 0 Å². The highest BCUT2D eigenvalue weighted by molar-refractivity contribution is 7.18. The lowest BCUT2D eigenvalue weighted by Gasteiger charge is -2.35. The lowest BCUT2D eigenvalue weighted by atomic mass is 10.0. The zero-order valence-corrected chi connectivity index (χ0v) is 21.1. The molecule has 0 saturated carbocycles. The third kappa shape index (κ3) is 5.00. The molecule has 1 amide bonds. The summed E-state index contributed by atoms with van der Waals surface area (Å²) in [7, 11) is 0. The SMILES string of the molecule is CCCOc1ccc(-c2ccc(C(=O)N3CCN(c4ncnc5sc(CC)cc45)CC3)cc2)cc1. The normalized spacial score (nSPS) is 13.9. The number of piperazine rings is 1. The van der Waals surface area contributed by atoms with E-state index in [9.17, 15) is 4.79 Å². The molecule has 0 unspecified atom stereocenters. The number of ether oxygens (including phenoxy) is 1. The number of thiophene rings is 1. The maximum absolute atomic E-state index is 13.2. The van der Waals surface area contributed by atoms with Crippen molar-refractivity contribution in [3.05, 3.63) is 71.4 Å². The lowest BCUT2D eigenvalue weighted by Crippen LogP contribution is -2.49. The Hall–Kier alpha value is -3.45. The third-order valence-corrected chi connectivity index (χ3v) is 7.55. The van der Waals surface area contributed by atoms with Crippen LogP contribution in [0.3, 0.4) is 0 Å². The van der Waals surface area contributed by atoms with Crippen LogP contribution in [0.5, 0.6) is 5.75 Å². The second kappa shape index (κ2) is 10.4. The molecule has 0 atom stereocenters. The lowest BCUT2D eigenvalue weighted by molar-refractivity contribution is 0.0746. The average Bonchev–Trinajstić information content (AvgIpc) is 3.36. The van der Waals surface area contributed by atoms with Crippen LogP contribution in [0.4, 0.5) is 5.82 Å². The number of nitrogens with zero attached hydrogens (tertiary/aromatic N) is 4. The first-order valence-corrected chi connectivity index (χ1v) is 13.1. The van der Waals surface area contributed by atoms with Crippen molar-refractivity contribution < 1.29 is 9.53 Å². The predicted molar refractivity (Wildman–Crippen MR) is 143 cm³/mol. The van der Waals surface area contributed by atoms with Crippen LogP contribution in [0.15, 0.2) is 60.9 Å². The van der Waals surface area contributed by atoms with Crippen LogP contribution in [0.25, 0.3) is 21.3 Å². The minimum Gasteiger partial charge on any atom is -0.494 e. The summed E-state index contributed by atoms with van der Waals surface area (Å²) in [6, 6.07) is 18.2. The van der Waals surface area contributed by atoms with Crippen LogP contribution >= 0.6 is 11.3 Å². The largest absolute Gasteiger partial charge is 0.494 e. The van der Waals surface area contributed by atoms with Gasteiger partial charge in [-0.1, -0.05) is 38.1 Å². The molecule has 3 heterocycles. The van der Waals surface area contributed by atoms with Crippen molar-refractivity contribution in [3.8, 4) is 16.9 Å². The highest BCUT2D eigenvalue weighted by Gasteiger charge is 2.24.